The molecule has 0 aromatic rings. The molecular formula is C21H42O3. The van der Waals surface area contributed by atoms with Crippen molar-refractivity contribution in [2.75, 3.05) is 33.0 Å². The molecule has 1 atom stereocenters. The molecule has 3 nitrogen and oxygen atoms in total. The van der Waals surface area contributed by atoms with Crippen LogP contribution in [0.1, 0.15) is 84.0 Å². The normalized spacial score (nSPS) is 12.4. The number of hydrogen-bond donors (Lipinski definition) is 1. The van der Waals surface area contributed by atoms with Crippen LogP contribution in [0, 0.1) is 5.92 Å². The Bertz CT molecular complexity index is 243. The molecule has 0 aliphatic rings. The van der Waals surface area contributed by atoms with Gasteiger partial charge in [0, 0.05) is 19.1 Å². The van der Waals surface area contributed by atoms with Gasteiger partial charge in [-0.05, 0) is 12.8 Å². The Morgan fingerprint density at radius 3 is 1.92 bits per heavy atom. The molecule has 0 rings (SSSR count). The fourth-order valence-corrected chi connectivity index (χ4v) is 2.83. The molecule has 1 N–H and O–H groups in total. The minimum Gasteiger partial charge on any atom is -0.396 e. The van der Waals surface area contributed by atoms with Crippen molar-refractivity contribution in [1.29, 1.82) is 0 Å². The molecular weight excluding hydrogens is 300 g/mol. The third kappa shape index (κ3) is 18.0. The summed E-state index contributed by atoms with van der Waals surface area (Å²) in [6.07, 6.45) is 17.4. The van der Waals surface area contributed by atoms with Crippen LogP contribution in [0.5, 0.6) is 0 Å². The van der Waals surface area contributed by atoms with E-state index in [4.69, 9.17) is 14.6 Å². The first-order chi connectivity index (χ1) is 11.8. The van der Waals surface area contributed by atoms with E-state index < -0.39 is 0 Å². The van der Waals surface area contributed by atoms with E-state index in [0.717, 1.165) is 19.4 Å². The number of ether oxygens (including phenoxy) is 2. The zero-order chi connectivity index (χ0) is 17.7. The zero-order valence-corrected chi connectivity index (χ0v) is 16.1. The molecule has 0 spiro atoms. The highest BCUT2D eigenvalue weighted by molar-refractivity contribution is 4.65. The van der Waals surface area contributed by atoms with E-state index in [1.165, 1.54) is 64.2 Å². The highest BCUT2D eigenvalue weighted by atomic mass is 16.5. The van der Waals surface area contributed by atoms with Crippen molar-refractivity contribution in [2.24, 2.45) is 5.92 Å². The largest absolute Gasteiger partial charge is 0.396 e. The highest BCUT2D eigenvalue weighted by Gasteiger charge is 2.08. The summed E-state index contributed by atoms with van der Waals surface area (Å²) >= 11 is 0. The van der Waals surface area contributed by atoms with Crippen molar-refractivity contribution < 1.29 is 14.6 Å². The predicted molar refractivity (Wildman–Crippen MR) is 103 cm³/mol. The van der Waals surface area contributed by atoms with E-state index in [1.807, 2.05) is 0 Å². The second kappa shape index (κ2) is 20.7. The van der Waals surface area contributed by atoms with Gasteiger partial charge in [0.25, 0.3) is 0 Å². The second-order valence-electron chi connectivity index (χ2n) is 6.81. The molecule has 0 saturated heterocycles. The Labute approximate surface area is 150 Å². The molecule has 0 aromatic carbocycles. The highest BCUT2D eigenvalue weighted by Crippen LogP contribution is 2.11. The lowest BCUT2D eigenvalue weighted by atomic mass is 10.1. The van der Waals surface area contributed by atoms with Gasteiger partial charge in [0.15, 0.2) is 0 Å². The van der Waals surface area contributed by atoms with Gasteiger partial charge in [-0.25, -0.2) is 0 Å². The SMILES string of the molecule is C=CCOCC(CCO)COCCCCCCCCCCCCC. The summed E-state index contributed by atoms with van der Waals surface area (Å²) in [4.78, 5) is 0. The lowest BCUT2D eigenvalue weighted by Crippen LogP contribution is -2.18. The smallest absolute Gasteiger partial charge is 0.0644 e. The van der Waals surface area contributed by atoms with Gasteiger partial charge >= 0.3 is 0 Å². The number of aliphatic hydroxyl groups is 1. The molecule has 0 fully saturated rings. The molecule has 0 aliphatic heterocycles. The van der Waals surface area contributed by atoms with E-state index in [0.29, 0.717) is 25.7 Å². The minimum atomic E-state index is 0.198. The summed E-state index contributed by atoms with van der Waals surface area (Å²) in [7, 11) is 0. The summed E-state index contributed by atoms with van der Waals surface area (Å²) in [6, 6.07) is 0. The maximum absolute atomic E-state index is 9.07. The van der Waals surface area contributed by atoms with Crippen molar-refractivity contribution in [3.05, 3.63) is 12.7 Å². The van der Waals surface area contributed by atoms with Crippen molar-refractivity contribution in [3.8, 4) is 0 Å². The zero-order valence-electron chi connectivity index (χ0n) is 16.1. The quantitative estimate of drug-likeness (QED) is 0.234. The van der Waals surface area contributed by atoms with Gasteiger partial charge in [-0.15, -0.1) is 6.58 Å². The van der Waals surface area contributed by atoms with Crippen molar-refractivity contribution in [1.82, 2.24) is 0 Å². The van der Waals surface area contributed by atoms with Crippen LogP contribution < -0.4 is 0 Å². The Kier molecular flexibility index (Phi) is 20.3. The maximum atomic E-state index is 9.07. The van der Waals surface area contributed by atoms with Gasteiger partial charge in [-0.3, -0.25) is 0 Å². The van der Waals surface area contributed by atoms with E-state index in [2.05, 4.69) is 13.5 Å². The van der Waals surface area contributed by atoms with Gasteiger partial charge in [0.05, 0.1) is 19.8 Å². The van der Waals surface area contributed by atoms with Gasteiger partial charge in [-0.1, -0.05) is 77.2 Å². The molecule has 144 valence electrons. The Hall–Kier alpha value is -0.380. The molecule has 1 unspecified atom stereocenters. The monoisotopic (exact) mass is 342 g/mol. The van der Waals surface area contributed by atoms with Crippen LogP contribution in [-0.2, 0) is 9.47 Å². The van der Waals surface area contributed by atoms with Crippen LogP contribution in [0.2, 0.25) is 0 Å². The Morgan fingerprint density at radius 2 is 1.38 bits per heavy atom. The molecule has 0 aliphatic carbocycles. The third-order valence-electron chi connectivity index (χ3n) is 4.37. The first-order valence-electron chi connectivity index (χ1n) is 10.2. The standard InChI is InChI=1S/C21H42O3/c1-3-5-6-7-8-9-10-11-12-13-14-18-24-20-21(15-16-22)19-23-17-4-2/h4,21-22H,2-3,5-20H2,1H3. The minimum absolute atomic E-state index is 0.198. The first-order valence-corrected chi connectivity index (χ1v) is 10.2. The van der Waals surface area contributed by atoms with Crippen molar-refractivity contribution in [3.63, 3.8) is 0 Å². The number of rotatable bonds is 20. The number of unbranched alkanes of at least 4 members (excludes halogenated alkanes) is 10. The van der Waals surface area contributed by atoms with Crippen LogP contribution in [0.25, 0.3) is 0 Å². The van der Waals surface area contributed by atoms with E-state index in [1.54, 1.807) is 6.08 Å². The van der Waals surface area contributed by atoms with Crippen LogP contribution in [-0.4, -0.2) is 38.1 Å². The number of aliphatic hydroxyl groups excluding tert-OH is 1. The van der Waals surface area contributed by atoms with Gasteiger partial charge in [0.2, 0.25) is 0 Å². The molecule has 24 heavy (non-hydrogen) atoms. The molecule has 0 bridgehead atoms. The average molecular weight is 343 g/mol. The fraction of sp³-hybridized carbons (Fsp3) is 0.905. The van der Waals surface area contributed by atoms with Crippen molar-refractivity contribution >= 4 is 0 Å². The van der Waals surface area contributed by atoms with E-state index >= 15 is 0 Å². The summed E-state index contributed by atoms with van der Waals surface area (Å²) in [5.74, 6) is 0.294. The molecule has 0 radical (unpaired) electrons. The van der Waals surface area contributed by atoms with Gasteiger partial charge in [-0.2, -0.15) is 0 Å². The van der Waals surface area contributed by atoms with Gasteiger partial charge < -0.3 is 14.6 Å². The Morgan fingerprint density at radius 1 is 0.833 bits per heavy atom. The summed E-state index contributed by atoms with van der Waals surface area (Å²) in [6.45, 7) is 8.84. The fourth-order valence-electron chi connectivity index (χ4n) is 2.83. The van der Waals surface area contributed by atoms with Crippen LogP contribution >= 0.6 is 0 Å². The van der Waals surface area contributed by atoms with Gasteiger partial charge in [0.1, 0.15) is 0 Å². The van der Waals surface area contributed by atoms with Crippen LogP contribution in [0.3, 0.4) is 0 Å². The second-order valence-corrected chi connectivity index (χ2v) is 6.81. The topological polar surface area (TPSA) is 38.7 Å². The molecule has 0 amide bonds. The number of hydrogen-bond acceptors (Lipinski definition) is 3. The van der Waals surface area contributed by atoms with Crippen LogP contribution in [0.15, 0.2) is 12.7 Å². The van der Waals surface area contributed by atoms with E-state index in [-0.39, 0.29) is 6.61 Å². The lowest BCUT2D eigenvalue weighted by Gasteiger charge is -2.15. The van der Waals surface area contributed by atoms with Crippen molar-refractivity contribution in [2.45, 2.75) is 84.0 Å². The summed E-state index contributed by atoms with van der Waals surface area (Å²) in [5.41, 5.74) is 0. The summed E-state index contributed by atoms with van der Waals surface area (Å²) < 4.78 is 11.2. The third-order valence-corrected chi connectivity index (χ3v) is 4.37. The molecule has 0 saturated carbocycles. The average Bonchev–Trinajstić information content (AvgIpc) is 2.59. The molecule has 0 aromatic heterocycles. The first kappa shape index (κ1) is 23.6. The molecule has 3 heteroatoms. The summed E-state index contributed by atoms with van der Waals surface area (Å²) in [5, 5.41) is 9.07. The predicted octanol–water partition coefficient (Wildman–Crippen LogP) is 5.52. The Balaban J connectivity index is 3.28. The molecule has 0 heterocycles. The maximum Gasteiger partial charge on any atom is 0.0644 e. The lowest BCUT2D eigenvalue weighted by molar-refractivity contribution is 0.0363. The van der Waals surface area contributed by atoms with E-state index in [9.17, 15) is 0 Å². The van der Waals surface area contributed by atoms with Crippen LogP contribution in [0.4, 0.5) is 0 Å².